The van der Waals surface area contributed by atoms with Gasteiger partial charge in [0.1, 0.15) is 6.04 Å². The van der Waals surface area contributed by atoms with E-state index >= 15 is 0 Å². The third-order valence-corrected chi connectivity index (χ3v) is 8.73. The molecule has 1 aromatic heterocycles. The number of nitrogens with two attached hydrogens (primary N) is 1. The van der Waals surface area contributed by atoms with Crippen molar-refractivity contribution in [2.24, 2.45) is 11.1 Å². The Morgan fingerprint density at radius 1 is 1.14 bits per heavy atom. The Kier molecular flexibility index (Phi) is 11.1. The predicted molar refractivity (Wildman–Crippen MR) is 169 cm³/mol. The van der Waals surface area contributed by atoms with Crippen LogP contribution in [0.3, 0.4) is 0 Å². The lowest BCUT2D eigenvalue weighted by Gasteiger charge is -2.32. The number of aliphatic hydroxyl groups excluding tert-OH is 1. The summed E-state index contributed by atoms with van der Waals surface area (Å²) in [5.74, 6) is -0.585. The zero-order chi connectivity index (χ0) is 30.1. The van der Waals surface area contributed by atoms with Gasteiger partial charge < -0.3 is 25.8 Å². The quantitative estimate of drug-likeness (QED) is 0.245. The molecule has 5 atom stereocenters. The number of thiophene rings is 1. The second-order valence-electron chi connectivity index (χ2n) is 11.5. The van der Waals surface area contributed by atoms with Crippen molar-refractivity contribution in [2.75, 3.05) is 13.2 Å². The smallest absolute Gasteiger partial charge is 0.248 e. The van der Waals surface area contributed by atoms with Crippen LogP contribution in [0.25, 0.3) is 10.4 Å². The number of hydrogen-bond acceptors (Lipinski definition) is 6. The number of rotatable bonds is 13. The fraction of sp³-hybridized carbons (Fsp3) is 0.412. The van der Waals surface area contributed by atoms with Gasteiger partial charge in [0.25, 0.3) is 0 Å². The molecule has 0 saturated carbocycles. The first-order chi connectivity index (χ1) is 20.2. The lowest BCUT2D eigenvalue weighted by atomic mass is 9.83. The lowest BCUT2D eigenvalue weighted by molar-refractivity contribution is -0.141. The van der Waals surface area contributed by atoms with Gasteiger partial charge in [-0.05, 0) is 61.2 Å². The van der Waals surface area contributed by atoms with Gasteiger partial charge in [-0.25, -0.2) is 0 Å². The van der Waals surface area contributed by atoms with Gasteiger partial charge in [0, 0.05) is 16.8 Å². The Morgan fingerprint density at radius 2 is 1.90 bits per heavy atom. The largest absolute Gasteiger partial charge is 0.395 e. The highest BCUT2D eigenvalue weighted by Crippen LogP contribution is 2.30. The molecule has 3 aromatic rings. The molecule has 0 radical (unpaired) electrons. The first-order valence-electron chi connectivity index (χ1n) is 14.6. The van der Waals surface area contributed by atoms with Crippen LogP contribution in [0, 0.1) is 5.41 Å². The summed E-state index contributed by atoms with van der Waals surface area (Å²) in [6.07, 6.45) is 5.86. The maximum atomic E-state index is 13.9. The second kappa shape index (κ2) is 14.7. The van der Waals surface area contributed by atoms with Gasteiger partial charge in [0.05, 0.1) is 31.4 Å². The number of ether oxygens (including phenoxy) is 1. The molecule has 4 rings (SSSR count). The summed E-state index contributed by atoms with van der Waals surface area (Å²) in [6, 6.07) is 20.6. The molecule has 7 nitrogen and oxygen atoms in total. The summed E-state index contributed by atoms with van der Waals surface area (Å²) in [5, 5.41) is 15.3. The van der Waals surface area contributed by atoms with Gasteiger partial charge in [0.2, 0.25) is 11.8 Å². The SMILES string of the molecule is CC(N)C(=O)NC(C(=O)N1CCCC1/C=C/[C@](C)(CO)Cc1cccc(-c2cccs2)c1)C(C)OCc1ccccc1. The van der Waals surface area contributed by atoms with Crippen LogP contribution in [0.5, 0.6) is 0 Å². The van der Waals surface area contributed by atoms with E-state index in [1.807, 2.05) is 60.4 Å². The molecule has 0 bridgehead atoms. The van der Waals surface area contributed by atoms with Crippen LogP contribution >= 0.6 is 11.3 Å². The van der Waals surface area contributed by atoms with Crippen molar-refractivity contribution < 1.29 is 19.4 Å². The summed E-state index contributed by atoms with van der Waals surface area (Å²) in [6.45, 7) is 6.33. The molecule has 1 aliphatic rings. The summed E-state index contributed by atoms with van der Waals surface area (Å²) < 4.78 is 6.07. The number of carbonyl (C=O) groups is 2. The fourth-order valence-electron chi connectivity index (χ4n) is 5.26. The van der Waals surface area contributed by atoms with Gasteiger partial charge in [-0.3, -0.25) is 9.59 Å². The molecule has 4 unspecified atom stereocenters. The molecule has 2 aromatic carbocycles. The van der Waals surface area contributed by atoms with Crippen molar-refractivity contribution in [3.8, 4) is 10.4 Å². The van der Waals surface area contributed by atoms with E-state index in [0.717, 1.165) is 24.0 Å². The summed E-state index contributed by atoms with van der Waals surface area (Å²) >= 11 is 1.71. The third kappa shape index (κ3) is 8.38. The van der Waals surface area contributed by atoms with E-state index in [9.17, 15) is 14.7 Å². The lowest BCUT2D eigenvalue weighted by Crippen LogP contribution is -2.57. The minimum Gasteiger partial charge on any atom is -0.395 e. The highest BCUT2D eigenvalue weighted by molar-refractivity contribution is 7.13. The topological polar surface area (TPSA) is 105 Å². The second-order valence-corrected chi connectivity index (χ2v) is 12.5. The number of carbonyl (C=O) groups excluding carboxylic acids is 2. The number of benzene rings is 2. The van der Waals surface area contributed by atoms with E-state index in [1.54, 1.807) is 25.2 Å². The Hall–Kier alpha value is -3.30. The molecule has 1 aliphatic heterocycles. The predicted octanol–water partition coefficient (Wildman–Crippen LogP) is 4.94. The van der Waals surface area contributed by atoms with Crippen LogP contribution in [-0.4, -0.2) is 59.2 Å². The van der Waals surface area contributed by atoms with E-state index in [4.69, 9.17) is 10.5 Å². The van der Waals surface area contributed by atoms with Crippen LogP contribution in [-0.2, 0) is 27.4 Å². The first kappa shape index (κ1) is 31.6. The molecule has 1 fully saturated rings. The number of amides is 2. The number of nitrogens with zero attached hydrogens (tertiary/aromatic N) is 1. The molecule has 224 valence electrons. The van der Waals surface area contributed by atoms with Crippen LogP contribution in [0.15, 0.2) is 84.3 Å². The average molecular weight is 590 g/mol. The maximum Gasteiger partial charge on any atom is 0.248 e. The van der Waals surface area contributed by atoms with Gasteiger partial charge >= 0.3 is 0 Å². The van der Waals surface area contributed by atoms with Gasteiger partial charge in [-0.1, -0.05) is 79.7 Å². The fourth-order valence-corrected chi connectivity index (χ4v) is 5.99. The van der Waals surface area contributed by atoms with Gasteiger partial charge in [-0.15, -0.1) is 11.3 Å². The monoisotopic (exact) mass is 589 g/mol. The number of likely N-dealkylation sites (tertiary alicyclic amines) is 1. The molecule has 1 saturated heterocycles. The third-order valence-electron chi connectivity index (χ3n) is 7.81. The Labute approximate surface area is 253 Å². The molecule has 2 heterocycles. The van der Waals surface area contributed by atoms with E-state index in [2.05, 4.69) is 41.0 Å². The van der Waals surface area contributed by atoms with Crippen LogP contribution in [0.2, 0.25) is 0 Å². The van der Waals surface area contributed by atoms with Crippen molar-refractivity contribution in [2.45, 2.75) is 70.9 Å². The maximum absolute atomic E-state index is 13.9. The molecule has 0 spiro atoms. The first-order valence-corrected chi connectivity index (χ1v) is 15.5. The summed E-state index contributed by atoms with van der Waals surface area (Å²) in [5.41, 5.74) is 8.63. The molecule has 0 aliphatic carbocycles. The zero-order valence-corrected chi connectivity index (χ0v) is 25.6. The van der Waals surface area contributed by atoms with Crippen molar-refractivity contribution in [1.82, 2.24) is 10.2 Å². The normalized spacial score (nSPS) is 18.9. The molecular formula is C34H43N3O4S. The Bertz CT molecular complexity index is 1330. The van der Waals surface area contributed by atoms with E-state index < -0.39 is 29.5 Å². The van der Waals surface area contributed by atoms with Gasteiger partial charge in [-0.2, -0.15) is 0 Å². The highest BCUT2D eigenvalue weighted by atomic mass is 32.1. The molecule has 2 amide bonds. The van der Waals surface area contributed by atoms with Crippen molar-refractivity contribution >= 4 is 23.2 Å². The summed E-state index contributed by atoms with van der Waals surface area (Å²) in [4.78, 5) is 29.5. The Morgan fingerprint density at radius 3 is 2.60 bits per heavy atom. The van der Waals surface area contributed by atoms with Gasteiger partial charge in [0.15, 0.2) is 0 Å². The number of hydrogen-bond donors (Lipinski definition) is 3. The molecule has 8 heteroatoms. The van der Waals surface area contributed by atoms with Crippen LogP contribution in [0.4, 0.5) is 0 Å². The Balaban J connectivity index is 1.47. The van der Waals surface area contributed by atoms with E-state index in [-0.39, 0.29) is 18.6 Å². The minimum absolute atomic E-state index is 0.0230. The standard InChI is InChI=1S/C34H43N3O4S/c1-24(35)32(39)36-31(25(2)41-22-26-10-5-4-6-11-26)33(40)37-18-8-14-29(37)16-17-34(3,23-38)21-27-12-7-13-28(20-27)30-15-9-19-42-30/h4-7,9-13,15-17,19-20,24-25,29,31,38H,8,14,18,21-23,35H2,1-3H3,(H,36,39)/b17-16+/t24?,25?,29?,31?,34-/m0/s1. The average Bonchev–Trinajstić information content (AvgIpc) is 3.71. The minimum atomic E-state index is -0.870. The van der Waals surface area contributed by atoms with E-state index in [1.165, 1.54) is 10.4 Å². The number of aliphatic hydroxyl groups is 1. The van der Waals surface area contributed by atoms with Crippen molar-refractivity contribution in [3.63, 3.8) is 0 Å². The number of nitrogens with one attached hydrogen (secondary N) is 1. The summed E-state index contributed by atoms with van der Waals surface area (Å²) in [7, 11) is 0. The van der Waals surface area contributed by atoms with Crippen LogP contribution < -0.4 is 11.1 Å². The van der Waals surface area contributed by atoms with Crippen molar-refractivity contribution in [1.29, 1.82) is 0 Å². The molecule has 42 heavy (non-hydrogen) atoms. The van der Waals surface area contributed by atoms with Crippen molar-refractivity contribution in [3.05, 3.63) is 95.4 Å². The molecule has 4 N–H and O–H groups in total. The zero-order valence-electron chi connectivity index (χ0n) is 24.7. The highest BCUT2D eigenvalue weighted by Gasteiger charge is 2.37. The van der Waals surface area contributed by atoms with E-state index in [0.29, 0.717) is 19.6 Å². The van der Waals surface area contributed by atoms with Crippen LogP contribution in [0.1, 0.15) is 44.7 Å². The molecular weight excluding hydrogens is 546 g/mol.